The van der Waals surface area contributed by atoms with Crippen molar-refractivity contribution in [3.63, 3.8) is 0 Å². The van der Waals surface area contributed by atoms with Crippen LogP contribution in [0.2, 0.25) is 0 Å². The molecule has 4 aromatic carbocycles. The number of hydrogen-bond acceptors (Lipinski definition) is 1. The zero-order valence-electron chi connectivity index (χ0n) is 15.2. The van der Waals surface area contributed by atoms with Gasteiger partial charge in [-0.15, -0.1) is 0 Å². The molecular weight excluding hydrogens is 314 g/mol. The number of benzene rings is 4. The van der Waals surface area contributed by atoms with E-state index >= 15 is 0 Å². The second-order valence-electron chi connectivity index (χ2n) is 6.89. The van der Waals surface area contributed by atoms with Crippen molar-refractivity contribution in [1.29, 1.82) is 5.26 Å². The summed E-state index contributed by atoms with van der Waals surface area (Å²) in [6.07, 6.45) is 6.82. The van der Waals surface area contributed by atoms with E-state index < -0.39 is 0 Å². The zero-order valence-corrected chi connectivity index (χ0v) is 15.2. The number of fused-ring (bicyclic) bond motifs is 4. The molecule has 26 heavy (non-hydrogen) atoms. The average Bonchev–Trinajstić information content (AvgIpc) is 2.67. The summed E-state index contributed by atoms with van der Waals surface area (Å²) in [5, 5.41) is 16.5. The van der Waals surface area contributed by atoms with Gasteiger partial charge in [-0.2, -0.15) is 5.26 Å². The van der Waals surface area contributed by atoms with Gasteiger partial charge in [0.05, 0.1) is 11.6 Å². The van der Waals surface area contributed by atoms with Crippen LogP contribution in [0.25, 0.3) is 38.4 Å². The van der Waals surface area contributed by atoms with Gasteiger partial charge in [0.1, 0.15) is 0 Å². The maximum Gasteiger partial charge on any atom is 0.0991 e. The van der Waals surface area contributed by atoms with Crippen LogP contribution < -0.4 is 0 Å². The lowest BCUT2D eigenvalue weighted by molar-refractivity contribution is 0.962. The van der Waals surface area contributed by atoms with Gasteiger partial charge in [-0.05, 0) is 81.1 Å². The summed E-state index contributed by atoms with van der Waals surface area (Å²) < 4.78 is 0. The highest BCUT2D eigenvalue weighted by atomic mass is 14.2. The highest BCUT2D eigenvalue weighted by Gasteiger charge is 2.07. The Kier molecular flexibility index (Phi) is 4.19. The second-order valence-corrected chi connectivity index (χ2v) is 6.89. The summed E-state index contributed by atoms with van der Waals surface area (Å²) in [6, 6.07) is 21.5. The molecule has 1 nitrogen and oxygen atoms in total. The Labute approximate surface area is 154 Å². The van der Waals surface area contributed by atoms with Crippen molar-refractivity contribution in [1.82, 2.24) is 0 Å². The predicted octanol–water partition coefficient (Wildman–Crippen LogP) is 7.14. The van der Waals surface area contributed by atoms with Crippen LogP contribution >= 0.6 is 0 Å². The number of aryl methyl sites for hydroxylation is 1. The molecular formula is C25H21N. The van der Waals surface area contributed by atoms with E-state index in [0.717, 1.165) is 11.8 Å². The van der Waals surface area contributed by atoms with Crippen LogP contribution in [-0.2, 0) is 0 Å². The van der Waals surface area contributed by atoms with Crippen molar-refractivity contribution < 1.29 is 0 Å². The topological polar surface area (TPSA) is 23.8 Å². The molecule has 0 amide bonds. The van der Waals surface area contributed by atoms with Gasteiger partial charge in [0.15, 0.2) is 0 Å². The van der Waals surface area contributed by atoms with Gasteiger partial charge in [0, 0.05) is 0 Å². The van der Waals surface area contributed by atoms with Crippen molar-refractivity contribution >= 4 is 38.4 Å². The Morgan fingerprint density at radius 3 is 2.46 bits per heavy atom. The van der Waals surface area contributed by atoms with E-state index in [9.17, 15) is 0 Å². The minimum absolute atomic E-state index is 0.705. The number of unbranched alkanes of at least 4 members (excludes halogenated alkanes) is 1. The highest BCUT2D eigenvalue weighted by molar-refractivity contribution is 6.14. The van der Waals surface area contributed by atoms with E-state index in [0.29, 0.717) is 5.56 Å². The fourth-order valence-corrected chi connectivity index (χ4v) is 3.68. The summed E-state index contributed by atoms with van der Waals surface area (Å²) in [6.45, 7) is 4.38. The lowest BCUT2D eigenvalue weighted by Gasteiger charge is -2.11. The molecule has 0 aromatic heterocycles. The van der Waals surface area contributed by atoms with Crippen molar-refractivity contribution in [3.8, 4) is 6.07 Å². The maximum atomic E-state index is 9.14. The minimum atomic E-state index is 0.705. The van der Waals surface area contributed by atoms with E-state index in [1.165, 1.54) is 44.5 Å². The second kappa shape index (κ2) is 6.65. The summed E-state index contributed by atoms with van der Waals surface area (Å²) in [7, 11) is 0. The summed E-state index contributed by atoms with van der Waals surface area (Å²) in [5.41, 5.74) is 3.33. The molecule has 0 aliphatic heterocycles. The standard InChI is InChI=1S/C25H21N/c1-3-4-5-6-22-17(2)7-11-24-23(22)12-10-20-14-21-13-18(16-26)8-9-19(21)15-25(20)24/h5-15H,3-4H2,1-2H3/b6-5-. The Morgan fingerprint density at radius 2 is 1.65 bits per heavy atom. The lowest BCUT2D eigenvalue weighted by atomic mass is 9.93. The number of nitriles is 1. The van der Waals surface area contributed by atoms with E-state index in [4.69, 9.17) is 5.26 Å². The van der Waals surface area contributed by atoms with Crippen LogP contribution in [0.4, 0.5) is 0 Å². The first-order valence-corrected chi connectivity index (χ1v) is 9.18. The first kappa shape index (κ1) is 16.4. The zero-order chi connectivity index (χ0) is 18.1. The number of hydrogen-bond donors (Lipinski definition) is 0. The number of nitrogens with zero attached hydrogens (tertiary/aromatic N) is 1. The summed E-state index contributed by atoms with van der Waals surface area (Å²) in [4.78, 5) is 0. The summed E-state index contributed by atoms with van der Waals surface area (Å²) >= 11 is 0. The van der Waals surface area contributed by atoms with Gasteiger partial charge < -0.3 is 0 Å². The molecule has 0 bridgehead atoms. The Morgan fingerprint density at radius 1 is 0.846 bits per heavy atom. The molecule has 0 radical (unpaired) electrons. The van der Waals surface area contributed by atoms with Gasteiger partial charge in [-0.1, -0.05) is 55.8 Å². The van der Waals surface area contributed by atoms with Gasteiger partial charge in [-0.25, -0.2) is 0 Å². The van der Waals surface area contributed by atoms with Gasteiger partial charge in [-0.3, -0.25) is 0 Å². The Balaban J connectivity index is 2.01. The molecule has 0 N–H and O–H groups in total. The molecule has 0 unspecified atom stereocenters. The van der Waals surface area contributed by atoms with Crippen LogP contribution in [0.3, 0.4) is 0 Å². The Bertz CT molecular complexity index is 1210. The largest absolute Gasteiger partial charge is 0.192 e. The average molecular weight is 335 g/mol. The third-order valence-corrected chi connectivity index (χ3v) is 5.10. The van der Waals surface area contributed by atoms with Crippen LogP contribution in [0.1, 0.15) is 36.5 Å². The fourth-order valence-electron chi connectivity index (χ4n) is 3.68. The van der Waals surface area contributed by atoms with Crippen molar-refractivity contribution in [2.45, 2.75) is 26.7 Å². The Hall–Kier alpha value is -3.11. The first-order chi connectivity index (χ1) is 12.7. The van der Waals surface area contributed by atoms with Gasteiger partial charge >= 0.3 is 0 Å². The van der Waals surface area contributed by atoms with E-state index in [1.54, 1.807) is 0 Å². The molecule has 4 aromatic rings. The quantitative estimate of drug-likeness (QED) is 0.288. The molecule has 1 heteroatoms. The van der Waals surface area contributed by atoms with Crippen LogP contribution in [-0.4, -0.2) is 0 Å². The van der Waals surface area contributed by atoms with E-state index in [2.05, 4.69) is 68.5 Å². The molecule has 0 fully saturated rings. The smallest absolute Gasteiger partial charge is 0.0991 e. The fraction of sp³-hybridized carbons (Fsp3) is 0.160. The minimum Gasteiger partial charge on any atom is -0.192 e. The molecule has 0 heterocycles. The van der Waals surface area contributed by atoms with Crippen LogP contribution in [0, 0.1) is 18.3 Å². The normalized spacial score (nSPS) is 11.6. The van der Waals surface area contributed by atoms with Gasteiger partial charge in [0.2, 0.25) is 0 Å². The first-order valence-electron chi connectivity index (χ1n) is 9.18. The number of rotatable bonds is 3. The molecule has 126 valence electrons. The van der Waals surface area contributed by atoms with Gasteiger partial charge in [0.25, 0.3) is 0 Å². The molecule has 4 rings (SSSR count). The van der Waals surface area contributed by atoms with Crippen molar-refractivity contribution in [2.24, 2.45) is 0 Å². The van der Waals surface area contributed by atoms with E-state index in [-0.39, 0.29) is 0 Å². The van der Waals surface area contributed by atoms with Crippen LogP contribution in [0.15, 0.2) is 60.7 Å². The molecule has 0 aliphatic rings. The third kappa shape index (κ3) is 2.74. The van der Waals surface area contributed by atoms with Crippen molar-refractivity contribution in [2.75, 3.05) is 0 Å². The number of allylic oxidation sites excluding steroid dienone is 1. The summed E-state index contributed by atoms with van der Waals surface area (Å²) in [5.74, 6) is 0. The SMILES string of the molecule is CCC/C=C\c1c(C)ccc2c1ccc1cc3cc(C#N)ccc3cc12. The molecule has 0 saturated heterocycles. The molecule has 0 atom stereocenters. The molecule has 0 spiro atoms. The van der Waals surface area contributed by atoms with Crippen LogP contribution in [0.5, 0.6) is 0 Å². The molecule has 0 saturated carbocycles. The maximum absolute atomic E-state index is 9.14. The monoisotopic (exact) mass is 335 g/mol. The molecule has 0 aliphatic carbocycles. The highest BCUT2D eigenvalue weighted by Crippen LogP contribution is 2.33. The lowest BCUT2D eigenvalue weighted by Crippen LogP contribution is -1.87. The predicted molar refractivity (Wildman–Crippen MR) is 112 cm³/mol. The van der Waals surface area contributed by atoms with E-state index in [1.807, 2.05) is 18.2 Å². The third-order valence-electron chi connectivity index (χ3n) is 5.10. The van der Waals surface area contributed by atoms with Crippen molar-refractivity contribution in [3.05, 3.63) is 77.4 Å².